The van der Waals surface area contributed by atoms with Gasteiger partial charge in [-0.05, 0) is 37.8 Å². The van der Waals surface area contributed by atoms with Crippen molar-refractivity contribution in [2.75, 3.05) is 13.1 Å². The molecule has 0 bridgehead atoms. The summed E-state index contributed by atoms with van der Waals surface area (Å²) in [6.45, 7) is 5.12. The number of hydrogen-bond donors (Lipinski definition) is 1. The van der Waals surface area contributed by atoms with E-state index in [0.29, 0.717) is 17.3 Å². The van der Waals surface area contributed by atoms with Gasteiger partial charge in [0.1, 0.15) is 4.21 Å². The lowest BCUT2D eigenvalue weighted by Crippen LogP contribution is -2.32. The molecule has 2 heterocycles. The Hall–Kier alpha value is -0.140. The fraction of sp³-hybridized carbons (Fsp3) is 0.667. The Morgan fingerprint density at radius 2 is 2.21 bits per heavy atom. The topological polar surface area (TPSA) is 63.4 Å². The molecule has 1 aromatic heterocycles. The van der Waals surface area contributed by atoms with E-state index >= 15 is 0 Å². The van der Waals surface area contributed by atoms with Crippen molar-refractivity contribution in [1.82, 2.24) is 4.31 Å². The Balaban J connectivity index is 0.00000180. The molecular weight excluding hydrogens is 304 g/mol. The number of rotatable bonds is 4. The van der Waals surface area contributed by atoms with Crippen LogP contribution in [0.1, 0.15) is 25.1 Å². The molecule has 0 spiro atoms. The first-order chi connectivity index (χ1) is 8.45. The van der Waals surface area contributed by atoms with Gasteiger partial charge in [-0.25, -0.2) is 8.42 Å². The molecule has 19 heavy (non-hydrogen) atoms. The summed E-state index contributed by atoms with van der Waals surface area (Å²) in [6, 6.07) is 3.68. The zero-order valence-electron chi connectivity index (χ0n) is 11.2. The summed E-state index contributed by atoms with van der Waals surface area (Å²) in [6.07, 6.45) is 1.74. The SMILES string of the molecule is CCc1ccc(S(=O)(=O)N2CCC(C(C)N)C2)s1.Cl. The van der Waals surface area contributed by atoms with E-state index in [1.165, 1.54) is 11.3 Å². The van der Waals surface area contributed by atoms with Crippen molar-refractivity contribution in [2.45, 2.75) is 36.9 Å². The molecule has 0 saturated carbocycles. The maximum atomic E-state index is 12.4. The van der Waals surface area contributed by atoms with E-state index in [9.17, 15) is 8.42 Å². The summed E-state index contributed by atoms with van der Waals surface area (Å²) >= 11 is 1.38. The largest absolute Gasteiger partial charge is 0.328 e. The second-order valence-electron chi connectivity index (χ2n) is 4.85. The number of hydrogen-bond acceptors (Lipinski definition) is 4. The van der Waals surface area contributed by atoms with E-state index in [1.807, 2.05) is 19.9 Å². The number of nitrogens with two attached hydrogens (primary N) is 1. The molecule has 0 radical (unpaired) electrons. The highest BCUT2D eigenvalue weighted by molar-refractivity contribution is 7.91. The summed E-state index contributed by atoms with van der Waals surface area (Å²) in [7, 11) is -3.30. The number of nitrogens with zero attached hydrogens (tertiary/aromatic N) is 1. The molecule has 0 aliphatic carbocycles. The lowest BCUT2D eigenvalue weighted by atomic mass is 10.0. The van der Waals surface area contributed by atoms with E-state index in [0.717, 1.165) is 17.7 Å². The number of aryl methyl sites for hydroxylation is 1. The molecule has 1 aromatic rings. The molecule has 4 nitrogen and oxygen atoms in total. The predicted molar refractivity (Wildman–Crippen MR) is 81.5 cm³/mol. The normalized spacial score (nSPS) is 22.2. The Labute approximate surface area is 125 Å². The number of halogens is 1. The van der Waals surface area contributed by atoms with Gasteiger partial charge in [0.25, 0.3) is 10.0 Å². The van der Waals surface area contributed by atoms with Crippen LogP contribution in [-0.4, -0.2) is 31.9 Å². The third-order valence-electron chi connectivity index (χ3n) is 3.51. The van der Waals surface area contributed by atoms with Crippen molar-refractivity contribution in [3.05, 3.63) is 17.0 Å². The van der Waals surface area contributed by atoms with Gasteiger partial charge < -0.3 is 5.73 Å². The summed E-state index contributed by atoms with van der Waals surface area (Å²) in [4.78, 5) is 1.11. The van der Waals surface area contributed by atoms with Crippen LogP contribution in [0.2, 0.25) is 0 Å². The van der Waals surface area contributed by atoms with E-state index in [-0.39, 0.29) is 24.4 Å². The lowest BCUT2D eigenvalue weighted by Gasteiger charge is -2.17. The number of thiophene rings is 1. The maximum Gasteiger partial charge on any atom is 0.252 e. The molecular formula is C12H21ClN2O2S2. The van der Waals surface area contributed by atoms with Crippen molar-refractivity contribution in [3.8, 4) is 0 Å². The maximum absolute atomic E-state index is 12.4. The van der Waals surface area contributed by atoms with Gasteiger partial charge in [-0.3, -0.25) is 0 Å². The lowest BCUT2D eigenvalue weighted by molar-refractivity contribution is 0.430. The van der Waals surface area contributed by atoms with E-state index in [4.69, 9.17) is 5.73 Å². The summed E-state index contributed by atoms with van der Waals surface area (Å²) in [5.74, 6) is 0.283. The van der Waals surface area contributed by atoms with Crippen molar-refractivity contribution in [3.63, 3.8) is 0 Å². The quantitative estimate of drug-likeness (QED) is 0.922. The molecule has 2 atom stereocenters. The first kappa shape index (κ1) is 16.9. The van der Waals surface area contributed by atoms with Crippen LogP contribution in [-0.2, 0) is 16.4 Å². The molecule has 110 valence electrons. The van der Waals surface area contributed by atoms with Gasteiger partial charge >= 0.3 is 0 Å². The van der Waals surface area contributed by atoms with Crippen LogP contribution in [0, 0.1) is 5.92 Å². The first-order valence-electron chi connectivity index (χ1n) is 6.29. The molecule has 1 saturated heterocycles. The third kappa shape index (κ3) is 3.49. The van der Waals surface area contributed by atoms with E-state index < -0.39 is 10.0 Å². The minimum atomic E-state index is -3.30. The smallest absolute Gasteiger partial charge is 0.252 e. The van der Waals surface area contributed by atoms with Crippen molar-refractivity contribution >= 4 is 33.8 Å². The second-order valence-corrected chi connectivity index (χ2v) is 8.18. The molecule has 0 amide bonds. The minimum Gasteiger partial charge on any atom is -0.328 e. The Bertz CT molecular complexity index is 514. The fourth-order valence-corrected chi connectivity index (χ4v) is 5.18. The Morgan fingerprint density at radius 1 is 1.53 bits per heavy atom. The minimum absolute atomic E-state index is 0. The van der Waals surface area contributed by atoms with Crippen molar-refractivity contribution in [2.24, 2.45) is 11.7 Å². The van der Waals surface area contributed by atoms with Crippen LogP contribution < -0.4 is 5.73 Å². The molecule has 0 aromatic carbocycles. The highest BCUT2D eigenvalue weighted by Crippen LogP contribution is 2.29. The van der Waals surface area contributed by atoms with Crippen LogP contribution in [0.5, 0.6) is 0 Å². The third-order valence-corrected chi connectivity index (χ3v) is 7.07. The molecule has 1 fully saturated rings. The van der Waals surface area contributed by atoms with Crippen LogP contribution in [0.4, 0.5) is 0 Å². The monoisotopic (exact) mass is 324 g/mol. The summed E-state index contributed by atoms with van der Waals surface area (Å²) < 4.78 is 26.9. The standard InChI is InChI=1S/C12H20N2O2S2.ClH/c1-3-11-4-5-12(17-11)18(15,16)14-7-6-10(8-14)9(2)13;/h4-5,9-10H,3,6-8,13H2,1-2H3;1H. The first-order valence-corrected chi connectivity index (χ1v) is 8.55. The van der Waals surface area contributed by atoms with E-state index in [2.05, 4.69) is 0 Å². The molecule has 1 aliphatic rings. The Kier molecular flexibility index (Phi) is 5.82. The summed E-state index contributed by atoms with van der Waals surface area (Å²) in [5.41, 5.74) is 5.85. The predicted octanol–water partition coefficient (Wildman–Crippen LogP) is 2.09. The van der Waals surface area contributed by atoms with Crippen LogP contribution >= 0.6 is 23.7 Å². The molecule has 2 rings (SSSR count). The highest BCUT2D eigenvalue weighted by Gasteiger charge is 2.34. The van der Waals surface area contributed by atoms with Gasteiger partial charge in [-0.1, -0.05) is 6.92 Å². The molecule has 2 unspecified atom stereocenters. The van der Waals surface area contributed by atoms with Gasteiger partial charge in [-0.2, -0.15) is 4.31 Å². The van der Waals surface area contributed by atoms with Gasteiger partial charge in [0.05, 0.1) is 0 Å². The van der Waals surface area contributed by atoms with Gasteiger partial charge in [-0.15, -0.1) is 23.7 Å². The van der Waals surface area contributed by atoms with E-state index in [1.54, 1.807) is 10.4 Å². The highest BCUT2D eigenvalue weighted by atomic mass is 35.5. The van der Waals surface area contributed by atoms with Gasteiger partial charge in [0.15, 0.2) is 0 Å². The zero-order valence-corrected chi connectivity index (χ0v) is 13.7. The van der Waals surface area contributed by atoms with Crippen molar-refractivity contribution < 1.29 is 8.42 Å². The molecule has 7 heteroatoms. The van der Waals surface area contributed by atoms with Gasteiger partial charge in [0.2, 0.25) is 0 Å². The molecule has 1 aliphatic heterocycles. The molecule has 2 N–H and O–H groups in total. The zero-order chi connectivity index (χ0) is 13.3. The Morgan fingerprint density at radius 3 is 2.68 bits per heavy atom. The fourth-order valence-electron chi connectivity index (χ4n) is 2.22. The van der Waals surface area contributed by atoms with Crippen LogP contribution in [0.3, 0.4) is 0 Å². The van der Waals surface area contributed by atoms with Gasteiger partial charge in [0, 0.05) is 24.0 Å². The average molecular weight is 325 g/mol. The van der Waals surface area contributed by atoms with Crippen LogP contribution in [0.15, 0.2) is 16.3 Å². The number of sulfonamides is 1. The van der Waals surface area contributed by atoms with Crippen molar-refractivity contribution in [1.29, 1.82) is 0 Å². The summed E-state index contributed by atoms with van der Waals surface area (Å²) in [5, 5.41) is 0. The second kappa shape index (κ2) is 6.54. The van der Waals surface area contributed by atoms with Crippen LogP contribution in [0.25, 0.3) is 0 Å². The average Bonchev–Trinajstić information content (AvgIpc) is 2.98.